The predicted octanol–water partition coefficient (Wildman–Crippen LogP) is 6.38. The number of aryl methyl sites for hydroxylation is 1. The average molecular weight is 516 g/mol. The molecule has 2 N–H and O–H groups in total. The van der Waals surface area contributed by atoms with E-state index in [2.05, 4.69) is 10.6 Å². The van der Waals surface area contributed by atoms with Crippen molar-refractivity contribution in [1.82, 2.24) is 14.7 Å². The zero-order valence-electron chi connectivity index (χ0n) is 21.6. The van der Waals surface area contributed by atoms with E-state index in [-0.39, 0.29) is 24.2 Å². The highest BCUT2D eigenvalue weighted by atomic mass is 19.4. The van der Waals surface area contributed by atoms with Crippen LogP contribution in [0.3, 0.4) is 0 Å². The number of hydrogen-bond acceptors (Lipinski definition) is 3. The van der Waals surface area contributed by atoms with Crippen molar-refractivity contribution < 1.29 is 22.8 Å². The molecule has 0 saturated carbocycles. The summed E-state index contributed by atoms with van der Waals surface area (Å²) in [6.07, 6.45) is -3.98. The number of hydrogen-bond donors (Lipinski definition) is 2. The molecule has 37 heavy (non-hydrogen) atoms. The van der Waals surface area contributed by atoms with Crippen molar-refractivity contribution in [3.05, 3.63) is 71.4 Å². The number of para-hydroxylation sites is 1. The maximum atomic E-state index is 13.0. The van der Waals surface area contributed by atoms with Gasteiger partial charge in [-0.3, -0.25) is 4.79 Å². The van der Waals surface area contributed by atoms with E-state index in [0.29, 0.717) is 12.2 Å². The van der Waals surface area contributed by atoms with Gasteiger partial charge in [0, 0.05) is 23.7 Å². The molecule has 10 heteroatoms. The summed E-state index contributed by atoms with van der Waals surface area (Å²) in [5.41, 5.74) is 1.40. The molecule has 1 heterocycles. The largest absolute Gasteiger partial charge is 0.416 e. The average Bonchev–Trinajstić information content (AvgIpc) is 3.22. The Morgan fingerprint density at radius 2 is 1.70 bits per heavy atom. The molecule has 0 aliphatic carbocycles. The molecular formula is C27H32F3N5O2. The number of carbonyl (C=O) groups is 2. The molecule has 1 aromatic heterocycles. The zero-order chi connectivity index (χ0) is 27.4. The number of alkyl halides is 3. The number of aromatic nitrogens is 2. The third kappa shape index (κ3) is 7.12. The van der Waals surface area contributed by atoms with Gasteiger partial charge >= 0.3 is 12.2 Å². The molecule has 0 fully saturated rings. The molecule has 0 aliphatic rings. The van der Waals surface area contributed by atoms with Crippen LogP contribution in [-0.4, -0.2) is 39.7 Å². The summed E-state index contributed by atoms with van der Waals surface area (Å²) >= 11 is 0. The standard InChI is InChI=1S/C27H32F3N5O2/c1-6-14-34(25(37)31-20-12-9-11-19(15-20)27(28,29)30)17-24(36)32-23-16-22(26(3,4)5)33-35(23)21-13-8-7-10-18(21)2/h7-13,15-16H,6,14,17H2,1-5H3,(H,31,37)(H,32,36). The quantitative estimate of drug-likeness (QED) is 0.383. The number of benzene rings is 2. The van der Waals surface area contributed by atoms with Crippen LogP contribution in [0.2, 0.25) is 0 Å². The Labute approximate surface area is 214 Å². The molecule has 0 radical (unpaired) electrons. The Morgan fingerprint density at radius 1 is 1.00 bits per heavy atom. The van der Waals surface area contributed by atoms with Crippen molar-refractivity contribution in [2.45, 2.75) is 52.6 Å². The minimum Gasteiger partial charge on any atom is -0.315 e. The lowest BCUT2D eigenvalue weighted by Gasteiger charge is -2.22. The first-order valence-corrected chi connectivity index (χ1v) is 12.0. The van der Waals surface area contributed by atoms with Crippen LogP contribution in [0.15, 0.2) is 54.6 Å². The highest BCUT2D eigenvalue weighted by Gasteiger charge is 2.30. The number of halogens is 3. The van der Waals surface area contributed by atoms with Gasteiger partial charge in [-0.15, -0.1) is 0 Å². The van der Waals surface area contributed by atoms with E-state index in [4.69, 9.17) is 5.10 Å². The highest BCUT2D eigenvalue weighted by Crippen LogP contribution is 2.31. The second-order valence-electron chi connectivity index (χ2n) is 9.84. The number of anilines is 2. The van der Waals surface area contributed by atoms with Crippen molar-refractivity contribution in [3.8, 4) is 5.69 Å². The van der Waals surface area contributed by atoms with E-state index >= 15 is 0 Å². The van der Waals surface area contributed by atoms with Crippen LogP contribution in [0.1, 0.15) is 50.9 Å². The maximum Gasteiger partial charge on any atom is 0.416 e. The molecule has 3 aromatic rings. The van der Waals surface area contributed by atoms with Gasteiger partial charge in [0.1, 0.15) is 12.4 Å². The summed E-state index contributed by atoms with van der Waals surface area (Å²) in [6, 6.07) is 13.1. The second kappa shape index (κ2) is 11.1. The van der Waals surface area contributed by atoms with Gasteiger partial charge in [-0.2, -0.15) is 18.3 Å². The van der Waals surface area contributed by atoms with Crippen LogP contribution in [0.4, 0.5) is 29.5 Å². The Bertz CT molecular complexity index is 1260. The van der Waals surface area contributed by atoms with Gasteiger partial charge in [0.15, 0.2) is 0 Å². The van der Waals surface area contributed by atoms with E-state index in [0.717, 1.165) is 29.1 Å². The first kappa shape index (κ1) is 27.8. The van der Waals surface area contributed by atoms with Crippen molar-refractivity contribution in [3.63, 3.8) is 0 Å². The van der Waals surface area contributed by atoms with Gasteiger partial charge in [0.05, 0.1) is 16.9 Å². The summed E-state index contributed by atoms with van der Waals surface area (Å²) < 4.78 is 40.8. The molecule has 198 valence electrons. The SMILES string of the molecule is CCCN(CC(=O)Nc1cc(C(C)(C)C)nn1-c1ccccc1C)C(=O)Nc1cccc(C(F)(F)F)c1. The summed E-state index contributed by atoms with van der Waals surface area (Å²) in [5, 5.41) is 10.0. The van der Waals surface area contributed by atoms with Crippen LogP contribution in [0.25, 0.3) is 5.69 Å². The van der Waals surface area contributed by atoms with Crippen molar-refractivity contribution in [2.75, 3.05) is 23.7 Å². The van der Waals surface area contributed by atoms with Crippen LogP contribution >= 0.6 is 0 Å². The van der Waals surface area contributed by atoms with Crippen LogP contribution in [0, 0.1) is 6.92 Å². The minimum atomic E-state index is -4.53. The highest BCUT2D eigenvalue weighted by molar-refractivity contribution is 5.96. The fourth-order valence-corrected chi connectivity index (χ4v) is 3.68. The number of carbonyl (C=O) groups excluding carboxylic acids is 2. The van der Waals surface area contributed by atoms with Gasteiger partial charge < -0.3 is 15.5 Å². The Kier molecular flexibility index (Phi) is 8.30. The molecule has 3 amide bonds. The molecule has 0 atom stereocenters. The topological polar surface area (TPSA) is 79.3 Å². The van der Waals surface area contributed by atoms with Gasteiger partial charge in [-0.1, -0.05) is 52.0 Å². The lowest BCUT2D eigenvalue weighted by molar-refractivity contribution is -0.137. The van der Waals surface area contributed by atoms with Crippen molar-refractivity contribution in [2.24, 2.45) is 0 Å². The van der Waals surface area contributed by atoms with Gasteiger partial charge in [-0.25, -0.2) is 9.48 Å². The summed E-state index contributed by atoms with van der Waals surface area (Å²) in [4.78, 5) is 27.2. The van der Waals surface area contributed by atoms with Crippen LogP contribution in [0.5, 0.6) is 0 Å². The summed E-state index contributed by atoms with van der Waals surface area (Å²) in [7, 11) is 0. The number of nitrogens with one attached hydrogen (secondary N) is 2. The fraction of sp³-hybridized carbons (Fsp3) is 0.370. The molecule has 0 aliphatic heterocycles. The van der Waals surface area contributed by atoms with E-state index in [1.807, 2.05) is 58.9 Å². The number of nitrogens with zero attached hydrogens (tertiary/aromatic N) is 3. The third-order valence-corrected chi connectivity index (χ3v) is 5.65. The molecule has 0 spiro atoms. The molecule has 2 aromatic carbocycles. The fourth-order valence-electron chi connectivity index (χ4n) is 3.68. The lowest BCUT2D eigenvalue weighted by Crippen LogP contribution is -2.41. The first-order valence-electron chi connectivity index (χ1n) is 12.0. The third-order valence-electron chi connectivity index (χ3n) is 5.65. The molecule has 0 unspecified atom stereocenters. The summed E-state index contributed by atoms with van der Waals surface area (Å²) in [6.45, 7) is 9.79. The Balaban J connectivity index is 1.80. The van der Waals surface area contributed by atoms with E-state index in [9.17, 15) is 22.8 Å². The van der Waals surface area contributed by atoms with Crippen LogP contribution < -0.4 is 10.6 Å². The number of rotatable bonds is 7. The minimum absolute atomic E-state index is 0.00576. The van der Waals surface area contributed by atoms with Gasteiger partial charge in [-0.05, 0) is 43.2 Å². The first-order chi connectivity index (χ1) is 17.3. The smallest absolute Gasteiger partial charge is 0.315 e. The van der Waals surface area contributed by atoms with Crippen molar-refractivity contribution in [1.29, 1.82) is 0 Å². The maximum absolute atomic E-state index is 13.0. The number of urea groups is 1. The summed E-state index contributed by atoms with van der Waals surface area (Å²) in [5.74, 6) is 0.00166. The lowest BCUT2D eigenvalue weighted by atomic mass is 9.92. The molecule has 0 bridgehead atoms. The molecule has 3 rings (SSSR count). The van der Waals surface area contributed by atoms with Crippen molar-refractivity contribution >= 4 is 23.4 Å². The second-order valence-corrected chi connectivity index (χ2v) is 9.84. The van der Waals surface area contributed by atoms with Gasteiger partial charge in [0.2, 0.25) is 5.91 Å². The van der Waals surface area contributed by atoms with E-state index in [1.165, 1.54) is 17.0 Å². The van der Waals surface area contributed by atoms with E-state index < -0.39 is 23.7 Å². The predicted molar refractivity (Wildman–Crippen MR) is 138 cm³/mol. The molecular weight excluding hydrogens is 483 g/mol. The molecule has 0 saturated heterocycles. The zero-order valence-corrected chi connectivity index (χ0v) is 21.6. The molecule has 7 nitrogen and oxygen atoms in total. The van der Waals surface area contributed by atoms with Crippen LogP contribution in [-0.2, 0) is 16.4 Å². The van der Waals surface area contributed by atoms with E-state index in [1.54, 1.807) is 10.7 Å². The monoisotopic (exact) mass is 515 g/mol. The van der Waals surface area contributed by atoms with Gasteiger partial charge in [0.25, 0.3) is 0 Å². The Morgan fingerprint density at radius 3 is 2.32 bits per heavy atom. The normalized spacial score (nSPS) is 11.8. The Hall–Kier alpha value is -3.82. The number of amides is 3.